The van der Waals surface area contributed by atoms with Crippen LogP contribution in [0.5, 0.6) is 5.75 Å². The molecule has 4 atom stereocenters. The number of rotatable bonds is 5. The van der Waals surface area contributed by atoms with E-state index in [-0.39, 0.29) is 43.3 Å². The molecule has 2 amide bonds. The molecule has 1 aromatic carbocycles. The standard InChI is InChI=1S/C20H26N2O6/c23-16-11-28-18-15(10-27-19(16)18)21-20(25)13-5-4-6-14(9-13)26-12-17(24)22-7-2-1-3-8-22/h4-6,9,15-16,18-19,23H,1-3,7-8,10-12H2,(H,21,25)/t15-,16-,18-,19-/m1/s1. The van der Waals surface area contributed by atoms with E-state index in [1.807, 2.05) is 4.90 Å². The van der Waals surface area contributed by atoms with Crippen LogP contribution in [0.3, 0.4) is 0 Å². The summed E-state index contributed by atoms with van der Waals surface area (Å²) < 4.78 is 16.7. The van der Waals surface area contributed by atoms with Crippen LogP contribution in [0.2, 0.25) is 0 Å². The summed E-state index contributed by atoms with van der Waals surface area (Å²) in [5.74, 6) is 0.179. The van der Waals surface area contributed by atoms with Crippen molar-refractivity contribution in [1.82, 2.24) is 10.2 Å². The minimum atomic E-state index is -0.652. The smallest absolute Gasteiger partial charge is 0.260 e. The van der Waals surface area contributed by atoms with Gasteiger partial charge in [0, 0.05) is 18.7 Å². The number of piperidine rings is 1. The van der Waals surface area contributed by atoms with Crippen LogP contribution >= 0.6 is 0 Å². The van der Waals surface area contributed by atoms with Crippen LogP contribution in [0.15, 0.2) is 24.3 Å². The van der Waals surface area contributed by atoms with Crippen molar-refractivity contribution < 1.29 is 28.9 Å². The molecular formula is C20H26N2O6. The van der Waals surface area contributed by atoms with Gasteiger partial charge in [0.15, 0.2) is 6.61 Å². The number of carbonyl (C=O) groups is 2. The largest absolute Gasteiger partial charge is 0.484 e. The second-order valence-corrected chi connectivity index (χ2v) is 7.50. The molecule has 152 valence electrons. The summed E-state index contributed by atoms with van der Waals surface area (Å²) in [6, 6.07) is 6.45. The van der Waals surface area contributed by atoms with Crippen LogP contribution in [0.1, 0.15) is 29.6 Å². The molecule has 0 radical (unpaired) electrons. The van der Waals surface area contributed by atoms with E-state index >= 15 is 0 Å². The van der Waals surface area contributed by atoms with E-state index in [2.05, 4.69) is 5.32 Å². The fourth-order valence-electron chi connectivity index (χ4n) is 3.96. The third kappa shape index (κ3) is 4.14. The molecule has 3 aliphatic heterocycles. The number of carbonyl (C=O) groups excluding carboxylic acids is 2. The Hall–Kier alpha value is -2.16. The van der Waals surface area contributed by atoms with Gasteiger partial charge < -0.3 is 29.5 Å². The SMILES string of the molecule is O=C(N[C@@H]1CO[C@H]2[C@@H]1OC[C@H]2O)c1cccc(OCC(=O)N2CCCCC2)c1. The van der Waals surface area contributed by atoms with Crippen LogP contribution in [0, 0.1) is 0 Å². The van der Waals surface area contributed by atoms with E-state index < -0.39 is 6.10 Å². The molecular weight excluding hydrogens is 364 g/mol. The molecule has 3 fully saturated rings. The predicted octanol–water partition coefficient (Wildman–Crippen LogP) is 0.335. The highest BCUT2D eigenvalue weighted by Gasteiger charge is 2.47. The van der Waals surface area contributed by atoms with Crippen molar-refractivity contribution >= 4 is 11.8 Å². The third-order valence-electron chi connectivity index (χ3n) is 5.51. The first-order valence-electron chi connectivity index (χ1n) is 9.84. The molecule has 1 aromatic rings. The Morgan fingerprint density at radius 2 is 1.93 bits per heavy atom. The highest BCUT2D eigenvalue weighted by Crippen LogP contribution is 2.27. The van der Waals surface area contributed by atoms with E-state index in [0.717, 1.165) is 25.9 Å². The van der Waals surface area contributed by atoms with Crippen LogP contribution in [-0.4, -0.2) is 79.1 Å². The second kappa shape index (κ2) is 8.46. The lowest BCUT2D eigenvalue weighted by Gasteiger charge is -2.26. The number of amides is 2. The molecule has 0 bridgehead atoms. The maximum Gasteiger partial charge on any atom is 0.260 e. The van der Waals surface area contributed by atoms with Crippen LogP contribution in [0.25, 0.3) is 0 Å². The maximum absolute atomic E-state index is 12.6. The zero-order chi connectivity index (χ0) is 19.5. The molecule has 3 aliphatic rings. The van der Waals surface area contributed by atoms with Gasteiger partial charge in [-0.3, -0.25) is 9.59 Å². The van der Waals surface area contributed by atoms with Crippen molar-refractivity contribution in [2.45, 2.75) is 43.6 Å². The number of nitrogens with zero attached hydrogens (tertiary/aromatic N) is 1. The van der Waals surface area contributed by atoms with Gasteiger partial charge in [0.05, 0.1) is 19.3 Å². The van der Waals surface area contributed by atoms with Gasteiger partial charge in [-0.2, -0.15) is 0 Å². The number of aliphatic hydroxyl groups excluding tert-OH is 1. The average molecular weight is 390 g/mol. The lowest BCUT2D eigenvalue weighted by Crippen LogP contribution is -2.44. The molecule has 0 aliphatic carbocycles. The summed E-state index contributed by atoms with van der Waals surface area (Å²) in [5.41, 5.74) is 0.435. The van der Waals surface area contributed by atoms with Crippen molar-refractivity contribution in [2.75, 3.05) is 32.9 Å². The van der Waals surface area contributed by atoms with Crippen molar-refractivity contribution in [3.63, 3.8) is 0 Å². The minimum Gasteiger partial charge on any atom is -0.484 e. The van der Waals surface area contributed by atoms with Crippen LogP contribution in [-0.2, 0) is 14.3 Å². The van der Waals surface area contributed by atoms with Gasteiger partial charge in [0.25, 0.3) is 11.8 Å². The summed E-state index contributed by atoms with van der Waals surface area (Å²) in [5, 5.41) is 12.7. The Morgan fingerprint density at radius 3 is 2.75 bits per heavy atom. The predicted molar refractivity (Wildman–Crippen MR) is 99.1 cm³/mol. The monoisotopic (exact) mass is 390 g/mol. The van der Waals surface area contributed by atoms with Gasteiger partial charge in [0.1, 0.15) is 24.1 Å². The Morgan fingerprint density at radius 1 is 1.14 bits per heavy atom. The molecule has 2 N–H and O–H groups in total. The van der Waals surface area contributed by atoms with Gasteiger partial charge in [-0.25, -0.2) is 0 Å². The van der Waals surface area contributed by atoms with Gasteiger partial charge in [-0.05, 0) is 37.5 Å². The second-order valence-electron chi connectivity index (χ2n) is 7.50. The number of aliphatic hydroxyl groups is 1. The molecule has 8 nitrogen and oxygen atoms in total. The van der Waals surface area contributed by atoms with Gasteiger partial charge >= 0.3 is 0 Å². The van der Waals surface area contributed by atoms with Crippen LogP contribution in [0.4, 0.5) is 0 Å². The number of hydrogen-bond donors (Lipinski definition) is 2. The summed E-state index contributed by atoms with van der Waals surface area (Å²) in [4.78, 5) is 26.6. The molecule has 0 unspecified atom stereocenters. The zero-order valence-corrected chi connectivity index (χ0v) is 15.7. The van der Waals surface area contributed by atoms with Gasteiger partial charge in [0.2, 0.25) is 0 Å². The van der Waals surface area contributed by atoms with Crippen molar-refractivity contribution in [1.29, 1.82) is 0 Å². The van der Waals surface area contributed by atoms with Gasteiger partial charge in [-0.15, -0.1) is 0 Å². The number of likely N-dealkylation sites (tertiary alicyclic amines) is 1. The lowest BCUT2D eigenvalue weighted by atomic mass is 10.1. The summed E-state index contributed by atoms with van der Waals surface area (Å²) >= 11 is 0. The summed E-state index contributed by atoms with van der Waals surface area (Å²) in [7, 11) is 0. The van der Waals surface area contributed by atoms with Crippen molar-refractivity contribution in [2.24, 2.45) is 0 Å². The lowest BCUT2D eigenvalue weighted by molar-refractivity contribution is -0.134. The molecule has 28 heavy (non-hydrogen) atoms. The molecule has 8 heteroatoms. The highest BCUT2D eigenvalue weighted by molar-refractivity contribution is 5.94. The van der Waals surface area contributed by atoms with E-state index in [9.17, 15) is 14.7 Å². The fourth-order valence-corrected chi connectivity index (χ4v) is 3.96. The quantitative estimate of drug-likeness (QED) is 0.752. The molecule has 0 spiro atoms. The first kappa shape index (κ1) is 19.2. The first-order chi connectivity index (χ1) is 13.6. The summed E-state index contributed by atoms with van der Waals surface area (Å²) in [6.07, 6.45) is 1.87. The molecule has 4 rings (SSSR count). The third-order valence-corrected chi connectivity index (χ3v) is 5.51. The Bertz CT molecular complexity index is 720. The highest BCUT2D eigenvalue weighted by atomic mass is 16.6. The fraction of sp³-hybridized carbons (Fsp3) is 0.600. The number of fused-ring (bicyclic) bond motifs is 1. The summed E-state index contributed by atoms with van der Waals surface area (Å²) in [6.45, 7) is 2.06. The van der Waals surface area contributed by atoms with Crippen molar-refractivity contribution in [3.8, 4) is 5.75 Å². The minimum absolute atomic E-state index is 0.0272. The zero-order valence-electron chi connectivity index (χ0n) is 15.7. The molecule has 3 heterocycles. The average Bonchev–Trinajstić information content (AvgIpc) is 3.30. The Labute approximate surface area is 163 Å². The van der Waals surface area contributed by atoms with E-state index in [1.165, 1.54) is 6.42 Å². The number of hydrogen-bond acceptors (Lipinski definition) is 6. The van der Waals surface area contributed by atoms with Gasteiger partial charge in [-0.1, -0.05) is 6.07 Å². The number of benzene rings is 1. The van der Waals surface area contributed by atoms with E-state index in [4.69, 9.17) is 14.2 Å². The Kier molecular flexibility index (Phi) is 5.79. The van der Waals surface area contributed by atoms with E-state index in [1.54, 1.807) is 24.3 Å². The van der Waals surface area contributed by atoms with Crippen LogP contribution < -0.4 is 10.1 Å². The topological polar surface area (TPSA) is 97.3 Å². The first-order valence-corrected chi connectivity index (χ1v) is 9.84. The normalized spacial score (nSPS) is 29.4. The van der Waals surface area contributed by atoms with Crippen molar-refractivity contribution in [3.05, 3.63) is 29.8 Å². The molecule has 0 saturated carbocycles. The van der Waals surface area contributed by atoms with E-state index in [0.29, 0.717) is 17.9 Å². The molecule has 0 aromatic heterocycles. The Balaban J connectivity index is 1.31. The number of ether oxygens (including phenoxy) is 3. The maximum atomic E-state index is 12.6. The number of nitrogens with one attached hydrogen (secondary N) is 1. The molecule has 3 saturated heterocycles.